The molecule has 0 aliphatic rings. The van der Waals surface area contributed by atoms with Crippen LogP contribution in [0, 0.1) is 0 Å². The standard InChI is InChI=1S/C9H20ClNO/c1-2-12-9-5-8-11-7-4-3-6-10/h11H,2-9H2,1H3. The molecule has 0 fully saturated rings. The molecule has 1 N–H and O–H groups in total. The molecule has 0 atom stereocenters. The predicted octanol–water partition coefficient (Wildman–Crippen LogP) is 2.02. The van der Waals surface area contributed by atoms with Gasteiger partial charge in [0.05, 0.1) is 0 Å². The summed E-state index contributed by atoms with van der Waals surface area (Å²) in [5.74, 6) is 0.778. The number of unbranched alkanes of at least 4 members (excludes halogenated alkanes) is 1. The van der Waals surface area contributed by atoms with Gasteiger partial charge in [0.2, 0.25) is 0 Å². The molecule has 0 aliphatic heterocycles. The first kappa shape index (κ1) is 12.2. The van der Waals surface area contributed by atoms with Gasteiger partial charge in [-0.1, -0.05) is 0 Å². The molecule has 0 aliphatic carbocycles. The number of ether oxygens (including phenoxy) is 1. The van der Waals surface area contributed by atoms with E-state index in [9.17, 15) is 0 Å². The molecule has 0 bridgehead atoms. The molecular weight excluding hydrogens is 174 g/mol. The molecule has 0 saturated heterocycles. The third kappa shape index (κ3) is 10.2. The van der Waals surface area contributed by atoms with E-state index in [1.807, 2.05) is 6.92 Å². The molecule has 0 spiro atoms. The average Bonchev–Trinajstić information content (AvgIpc) is 2.10. The van der Waals surface area contributed by atoms with Gasteiger partial charge in [0.25, 0.3) is 0 Å². The van der Waals surface area contributed by atoms with Crippen LogP contribution in [0.1, 0.15) is 26.2 Å². The lowest BCUT2D eigenvalue weighted by molar-refractivity contribution is 0.145. The van der Waals surface area contributed by atoms with Crippen LogP contribution in [0.2, 0.25) is 0 Å². The van der Waals surface area contributed by atoms with Crippen LogP contribution < -0.4 is 5.32 Å². The van der Waals surface area contributed by atoms with Crippen molar-refractivity contribution in [1.29, 1.82) is 0 Å². The highest BCUT2D eigenvalue weighted by Crippen LogP contribution is 1.89. The van der Waals surface area contributed by atoms with Crippen molar-refractivity contribution in [2.24, 2.45) is 0 Å². The summed E-state index contributed by atoms with van der Waals surface area (Å²) >= 11 is 5.54. The molecule has 0 radical (unpaired) electrons. The van der Waals surface area contributed by atoms with Crippen LogP contribution >= 0.6 is 11.6 Å². The Kier molecular flexibility index (Phi) is 11.4. The zero-order valence-electron chi connectivity index (χ0n) is 7.94. The van der Waals surface area contributed by atoms with Crippen LogP contribution in [0.3, 0.4) is 0 Å². The number of hydrogen-bond donors (Lipinski definition) is 1. The molecule has 0 heterocycles. The maximum Gasteiger partial charge on any atom is 0.0477 e. The van der Waals surface area contributed by atoms with E-state index < -0.39 is 0 Å². The van der Waals surface area contributed by atoms with Crippen LogP contribution in [0.4, 0.5) is 0 Å². The summed E-state index contributed by atoms with van der Waals surface area (Å²) in [6, 6.07) is 0. The first-order chi connectivity index (χ1) is 5.91. The molecule has 74 valence electrons. The summed E-state index contributed by atoms with van der Waals surface area (Å²) in [6.45, 7) is 5.86. The normalized spacial score (nSPS) is 10.5. The number of alkyl halides is 1. The second-order valence-electron chi connectivity index (χ2n) is 2.70. The van der Waals surface area contributed by atoms with Crippen molar-refractivity contribution < 1.29 is 4.74 Å². The average molecular weight is 194 g/mol. The van der Waals surface area contributed by atoms with Gasteiger partial charge in [-0.25, -0.2) is 0 Å². The summed E-state index contributed by atoms with van der Waals surface area (Å²) in [5, 5.41) is 3.34. The Labute approximate surface area is 80.6 Å². The summed E-state index contributed by atoms with van der Waals surface area (Å²) in [5.41, 5.74) is 0. The van der Waals surface area contributed by atoms with Crippen LogP contribution in [-0.2, 0) is 4.74 Å². The molecule has 0 rings (SSSR count). The SMILES string of the molecule is CCOCCCNCCCCCl. The third-order valence-electron chi connectivity index (χ3n) is 1.58. The molecule has 0 aromatic rings. The Hall–Kier alpha value is 0.210. The third-order valence-corrected chi connectivity index (χ3v) is 1.85. The van der Waals surface area contributed by atoms with Crippen molar-refractivity contribution in [2.45, 2.75) is 26.2 Å². The zero-order valence-corrected chi connectivity index (χ0v) is 8.70. The van der Waals surface area contributed by atoms with Gasteiger partial charge in [0.15, 0.2) is 0 Å². The molecule has 0 unspecified atom stereocenters. The summed E-state index contributed by atoms with van der Waals surface area (Å²) in [6.07, 6.45) is 3.40. The lowest BCUT2D eigenvalue weighted by Crippen LogP contribution is -2.18. The highest BCUT2D eigenvalue weighted by molar-refractivity contribution is 6.17. The Morgan fingerprint density at radius 3 is 2.58 bits per heavy atom. The number of rotatable bonds is 9. The first-order valence-electron chi connectivity index (χ1n) is 4.76. The second-order valence-corrected chi connectivity index (χ2v) is 3.07. The summed E-state index contributed by atoms with van der Waals surface area (Å²) in [7, 11) is 0. The van der Waals surface area contributed by atoms with Crippen LogP contribution in [0.15, 0.2) is 0 Å². The molecule has 0 aromatic carbocycles. The Morgan fingerprint density at radius 1 is 1.17 bits per heavy atom. The molecule has 0 aromatic heterocycles. The fourth-order valence-corrected chi connectivity index (χ4v) is 1.10. The van der Waals surface area contributed by atoms with E-state index in [-0.39, 0.29) is 0 Å². The van der Waals surface area contributed by atoms with Gasteiger partial charge in [0.1, 0.15) is 0 Å². The number of hydrogen-bond acceptors (Lipinski definition) is 2. The van der Waals surface area contributed by atoms with Crippen molar-refractivity contribution in [3.63, 3.8) is 0 Å². The lowest BCUT2D eigenvalue weighted by atomic mass is 10.3. The minimum Gasteiger partial charge on any atom is -0.382 e. The largest absolute Gasteiger partial charge is 0.382 e. The Morgan fingerprint density at radius 2 is 1.92 bits per heavy atom. The minimum atomic E-state index is 0.778. The van der Waals surface area contributed by atoms with E-state index in [1.54, 1.807) is 0 Å². The van der Waals surface area contributed by atoms with Gasteiger partial charge >= 0.3 is 0 Å². The van der Waals surface area contributed by atoms with Gasteiger partial charge in [-0.3, -0.25) is 0 Å². The lowest BCUT2D eigenvalue weighted by Gasteiger charge is -2.03. The van der Waals surface area contributed by atoms with E-state index >= 15 is 0 Å². The Balaban J connectivity index is 2.73. The van der Waals surface area contributed by atoms with Crippen molar-refractivity contribution in [3.8, 4) is 0 Å². The topological polar surface area (TPSA) is 21.3 Å². The minimum absolute atomic E-state index is 0.778. The van der Waals surface area contributed by atoms with Crippen molar-refractivity contribution in [1.82, 2.24) is 5.32 Å². The van der Waals surface area contributed by atoms with Crippen molar-refractivity contribution >= 4 is 11.6 Å². The van der Waals surface area contributed by atoms with E-state index in [4.69, 9.17) is 16.3 Å². The zero-order chi connectivity index (χ0) is 9.07. The summed E-state index contributed by atoms with van der Waals surface area (Å²) in [4.78, 5) is 0. The fourth-order valence-electron chi connectivity index (χ4n) is 0.913. The molecule has 3 heteroatoms. The van der Waals surface area contributed by atoms with E-state index in [2.05, 4.69) is 5.32 Å². The highest BCUT2D eigenvalue weighted by Gasteiger charge is 1.88. The first-order valence-corrected chi connectivity index (χ1v) is 5.29. The van der Waals surface area contributed by atoms with Gasteiger partial charge in [-0.05, 0) is 39.3 Å². The quantitative estimate of drug-likeness (QED) is 0.447. The van der Waals surface area contributed by atoms with E-state index in [0.29, 0.717) is 0 Å². The maximum atomic E-state index is 5.54. The molecule has 2 nitrogen and oxygen atoms in total. The van der Waals surface area contributed by atoms with E-state index in [1.165, 1.54) is 6.42 Å². The van der Waals surface area contributed by atoms with Crippen molar-refractivity contribution in [3.05, 3.63) is 0 Å². The van der Waals surface area contributed by atoms with Gasteiger partial charge in [-0.2, -0.15) is 0 Å². The van der Waals surface area contributed by atoms with Gasteiger partial charge in [0, 0.05) is 19.1 Å². The van der Waals surface area contributed by atoms with Crippen LogP contribution in [-0.4, -0.2) is 32.2 Å². The number of halogens is 1. The maximum absolute atomic E-state index is 5.54. The fraction of sp³-hybridized carbons (Fsp3) is 1.00. The monoisotopic (exact) mass is 193 g/mol. The van der Waals surface area contributed by atoms with Crippen molar-refractivity contribution in [2.75, 3.05) is 32.2 Å². The molecular formula is C9H20ClNO. The Bertz CT molecular complexity index is 70.9. The van der Waals surface area contributed by atoms with E-state index in [0.717, 1.165) is 45.0 Å². The molecule has 0 saturated carbocycles. The van der Waals surface area contributed by atoms with Crippen LogP contribution in [0.25, 0.3) is 0 Å². The number of nitrogens with one attached hydrogen (secondary N) is 1. The van der Waals surface area contributed by atoms with Gasteiger partial charge in [-0.15, -0.1) is 11.6 Å². The molecule has 0 amide bonds. The molecule has 12 heavy (non-hydrogen) atoms. The smallest absolute Gasteiger partial charge is 0.0477 e. The highest BCUT2D eigenvalue weighted by atomic mass is 35.5. The second kappa shape index (κ2) is 11.2. The summed E-state index contributed by atoms with van der Waals surface area (Å²) < 4.78 is 5.20. The predicted molar refractivity (Wildman–Crippen MR) is 53.9 cm³/mol. The van der Waals surface area contributed by atoms with Crippen LogP contribution in [0.5, 0.6) is 0 Å². The van der Waals surface area contributed by atoms with Gasteiger partial charge < -0.3 is 10.1 Å².